The molecule has 5 rings (SSSR count). The number of nitrogens with zero attached hydrogens (tertiary/aromatic N) is 3. The van der Waals surface area contributed by atoms with Gasteiger partial charge in [-0.2, -0.15) is 4.31 Å². The number of sulfonamides is 1. The molecule has 0 saturated carbocycles. The highest BCUT2D eigenvalue weighted by Crippen LogP contribution is 2.31. The SMILES string of the molecule is O=S(=O)(c1ccc2c(c1)nc(SCc1c(F)cccc1F)n2C[C@H]1CCCO1)N1CCOCC1. The Labute approximate surface area is 201 Å². The van der Waals surface area contributed by atoms with Crippen molar-refractivity contribution in [1.82, 2.24) is 13.9 Å². The Morgan fingerprint density at radius 1 is 1.09 bits per heavy atom. The molecule has 0 unspecified atom stereocenters. The second-order valence-corrected chi connectivity index (χ2v) is 11.2. The Hall–Kier alpha value is -2.05. The number of halogens is 2. The average Bonchev–Trinajstić information content (AvgIpc) is 3.47. The van der Waals surface area contributed by atoms with Gasteiger partial charge in [-0.25, -0.2) is 22.2 Å². The van der Waals surface area contributed by atoms with E-state index in [4.69, 9.17) is 9.47 Å². The van der Waals surface area contributed by atoms with Crippen LogP contribution in [0.15, 0.2) is 46.5 Å². The Balaban J connectivity index is 1.49. The normalized spacial score (nSPS) is 19.8. The van der Waals surface area contributed by atoms with Crippen LogP contribution >= 0.6 is 11.8 Å². The molecular formula is C23H25F2N3O4S2. The van der Waals surface area contributed by atoms with Gasteiger partial charge in [-0.05, 0) is 43.2 Å². The molecule has 2 fully saturated rings. The van der Waals surface area contributed by atoms with E-state index >= 15 is 0 Å². The van der Waals surface area contributed by atoms with E-state index < -0.39 is 21.7 Å². The highest BCUT2D eigenvalue weighted by atomic mass is 32.2. The van der Waals surface area contributed by atoms with Gasteiger partial charge in [0.1, 0.15) is 11.6 Å². The number of hydrogen-bond acceptors (Lipinski definition) is 6. The van der Waals surface area contributed by atoms with Gasteiger partial charge in [-0.3, -0.25) is 0 Å². The molecule has 34 heavy (non-hydrogen) atoms. The molecule has 2 saturated heterocycles. The fourth-order valence-electron chi connectivity index (χ4n) is 4.27. The van der Waals surface area contributed by atoms with Gasteiger partial charge in [-0.1, -0.05) is 17.8 Å². The predicted octanol–water partition coefficient (Wildman–Crippen LogP) is 3.81. The van der Waals surface area contributed by atoms with E-state index in [1.807, 2.05) is 4.57 Å². The lowest BCUT2D eigenvalue weighted by atomic mass is 10.2. The molecule has 0 spiro atoms. The highest BCUT2D eigenvalue weighted by Gasteiger charge is 2.28. The summed E-state index contributed by atoms with van der Waals surface area (Å²) in [7, 11) is -3.67. The summed E-state index contributed by atoms with van der Waals surface area (Å²) < 4.78 is 69.0. The summed E-state index contributed by atoms with van der Waals surface area (Å²) in [5.41, 5.74) is 1.26. The van der Waals surface area contributed by atoms with Crippen molar-refractivity contribution >= 4 is 32.8 Å². The Morgan fingerprint density at radius 3 is 2.56 bits per heavy atom. The molecule has 0 bridgehead atoms. The van der Waals surface area contributed by atoms with E-state index in [0.717, 1.165) is 18.4 Å². The molecule has 7 nitrogen and oxygen atoms in total. The maximum atomic E-state index is 14.2. The zero-order valence-corrected chi connectivity index (χ0v) is 20.1. The van der Waals surface area contributed by atoms with E-state index in [-0.39, 0.29) is 22.3 Å². The van der Waals surface area contributed by atoms with E-state index in [0.29, 0.717) is 50.1 Å². The number of ether oxygens (including phenoxy) is 2. The molecule has 0 aliphatic carbocycles. The van der Waals surface area contributed by atoms with Crippen molar-refractivity contribution in [3.63, 3.8) is 0 Å². The summed E-state index contributed by atoms with van der Waals surface area (Å²) in [6.07, 6.45) is 1.90. The first kappa shape index (κ1) is 23.7. The molecule has 1 aromatic heterocycles. The second kappa shape index (κ2) is 9.90. The predicted molar refractivity (Wildman–Crippen MR) is 124 cm³/mol. The van der Waals surface area contributed by atoms with Crippen molar-refractivity contribution in [2.75, 3.05) is 32.9 Å². The average molecular weight is 510 g/mol. The van der Waals surface area contributed by atoms with Crippen LogP contribution < -0.4 is 0 Å². The van der Waals surface area contributed by atoms with E-state index in [1.54, 1.807) is 18.2 Å². The fraction of sp³-hybridized carbons (Fsp3) is 0.435. The number of rotatable bonds is 7. The summed E-state index contributed by atoms with van der Waals surface area (Å²) in [5.74, 6) is -1.15. The van der Waals surface area contributed by atoms with Gasteiger partial charge < -0.3 is 14.0 Å². The van der Waals surface area contributed by atoms with Crippen molar-refractivity contribution in [2.24, 2.45) is 0 Å². The standard InChI is InChI=1S/C23H25F2N3O4S2/c24-19-4-1-5-20(25)18(19)15-33-23-26-21-13-17(34(29,30)27-8-11-31-12-9-27)6-7-22(21)28(23)14-16-3-2-10-32-16/h1,4-7,13,16H,2-3,8-12,14-15H2/t16-/m1/s1. The van der Waals surface area contributed by atoms with Gasteiger partial charge in [0.05, 0.1) is 41.8 Å². The van der Waals surface area contributed by atoms with Crippen LogP contribution in [0, 0.1) is 11.6 Å². The number of fused-ring (bicyclic) bond motifs is 1. The summed E-state index contributed by atoms with van der Waals surface area (Å²) >= 11 is 1.22. The Kier molecular flexibility index (Phi) is 6.90. The van der Waals surface area contributed by atoms with Crippen molar-refractivity contribution in [1.29, 1.82) is 0 Å². The van der Waals surface area contributed by atoms with Crippen LogP contribution in [0.5, 0.6) is 0 Å². The number of morpholine rings is 1. The molecular weight excluding hydrogens is 484 g/mol. The quantitative estimate of drug-likeness (QED) is 0.451. The Morgan fingerprint density at radius 2 is 1.85 bits per heavy atom. The van der Waals surface area contributed by atoms with E-state index in [1.165, 1.54) is 34.3 Å². The van der Waals surface area contributed by atoms with E-state index in [2.05, 4.69) is 4.98 Å². The molecule has 11 heteroatoms. The van der Waals surface area contributed by atoms with Crippen molar-refractivity contribution in [3.05, 3.63) is 53.6 Å². The third kappa shape index (κ3) is 4.72. The number of imidazole rings is 1. The molecule has 1 atom stereocenters. The maximum Gasteiger partial charge on any atom is 0.243 e. The zero-order chi connectivity index (χ0) is 23.7. The van der Waals surface area contributed by atoms with Gasteiger partial charge in [0.15, 0.2) is 5.16 Å². The lowest BCUT2D eigenvalue weighted by Crippen LogP contribution is -2.40. The molecule has 2 aliphatic rings. The van der Waals surface area contributed by atoms with E-state index in [9.17, 15) is 17.2 Å². The summed E-state index contributed by atoms with van der Waals surface area (Å²) in [5, 5.41) is 0.564. The van der Waals surface area contributed by atoms with Crippen LogP contribution in [-0.4, -0.2) is 61.3 Å². The second-order valence-electron chi connectivity index (χ2n) is 8.30. The number of aromatic nitrogens is 2. The fourth-order valence-corrected chi connectivity index (χ4v) is 6.74. The first-order valence-electron chi connectivity index (χ1n) is 11.2. The molecule has 2 aliphatic heterocycles. The topological polar surface area (TPSA) is 73.7 Å². The smallest absolute Gasteiger partial charge is 0.243 e. The molecule has 2 aromatic carbocycles. The Bertz CT molecular complexity index is 1270. The third-order valence-electron chi connectivity index (χ3n) is 6.11. The lowest BCUT2D eigenvalue weighted by Gasteiger charge is -2.26. The largest absolute Gasteiger partial charge is 0.379 e. The third-order valence-corrected chi connectivity index (χ3v) is 9.01. The van der Waals surface area contributed by atoms with Gasteiger partial charge >= 0.3 is 0 Å². The number of benzene rings is 2. The zero-order valence-electron chi connectivity index (χ0n) is 18.5. The first-order chi connectivity index (χ1) is 16.4. The van der Waals surface area contributed by atoms with Crippen LogP contribution in [0.1, 0.15) is 18.4 Å². The minimum absolute atomic E-state index is 0.0127. The van der Waals surface area contributed by atoms with Crippen LogP contribution in [-0.2, 0) is 31.8 Å². The monoisotopic (exact) mass is 509 g/mol. The maximum absolute atomic E-state index is 14.2. The van der Waals surface area contributed by atoms with Crippen LogP contribution in [0.25, 0.3) is 11.0 Å². The molecule has 3 aromatic rings. The summed E-state index contributed by atoms with van der Waals surface area (Å²) in [4.78, 5) is 4.83. The van der Waals surface area contributed by atoms with Crippen molar-refractivity contribution in [3.8, 4) is 0 Å². The van der Waals surface area contributed by atoms with Crippen LogP contribution in [0.2, 0.25) is 0 Å². The van der Waals surface area contributed by atoms with Crippen LogP contribution in [0.4, 0.5) is 8.78 Å². The van der Waals surface area contributed by atoms with Crippen molar-refractivity contribution < 1.29 is 26.7 Å². The van der Waals surface area contributed by atoms with Crippen molar-refractivity contribution in [2.45, 2.75) is 41.3 Å². The number of hydrogen-bond donors (Lipinski definition) is 0. The van der Waals surface area contributed by atoms with Gasteiger partial charge in [0.25, 0.3) is 0 Å². The van der Waals surface area contributed by atoms with Gasteiger partial charge in [0, 0.05) is 31.0 Å². The van der Waals surface area contributed by atoms with Gasteiger partial charge in [-0.15, -0.1) is 0 Å². The summed E-state index contributed by atoms with van der Waals surface area (Å²) in [6, 6.07) is 8.71. The highest BCUT2D eigenvalue weighted by molar-refractivity contribution is 7.98. The minimum atomic E-state index is -3.67. The van der Waals surface area contributed by atoms with Crippen LogP contribution in [0.3, 0.4) is 0 Å². The molecule has 182 valence electrons. The lowest BCUT2D eigenvalue weighted by molar-refractivity contribution is 0.0730. The first-order valence-corrected chi connectivity index (χ1v) is 13.6. The summed E-state index contributed by atoms with van der Waals surface area (Å²) in [6.45, 7) is 2.58. The molecule has 0 radical (unpaired) electrons. The minimum Gasteiger partial charge on any atom is -0.379 e. The number of thioether (sulfide) groups is 1. The molecule has 0 amide bonds. The molecule has 0 N–H and O–H groups in total. The molecule has 3 heterocycles. The van der Waals surface area contributed by atoms with Gasteiger partial charge in [0.2, 0.25) is 10.0 Å².